The fraction of sp³-hybridized carbons (Fsp3) is 0.368. The molecule has 0 aliphatic heterocycles. The molecule has 0 saturated carbocycles. The summed E-state index contributed by atoms with van der Waals surface area (Å²) in [5, 5.41) is 9.22. The van der Waals surface area contributed by atoms with Crippen molar-refractivity contribution in [2.45, 2.75) is 38.7 Å². The molecule has 0 fully saturated rings. The van der Waals surface area contributed by atoms with E-state index < -0.39 is 0 Å². The topological polar surface area (TPSA) is 29.5 Å². The molecule has 0 amide bonds. The molecule has 0 aliphatic rings. The molecule has 0 spiro atoms. The third-order valence-corrected chi connectivity index (χ3v) is 3.60. The minimum absolute atomic E-state index is 0.0350. The first kappa shape index (κ1) is 15.6. The van der Waals surface area contributed by atoms with Gasteiger partial charge in [-0.1, -0.05) is 61.4 Å². The van der Waals surface area contributed by atoms with Gasteiger partial charge in [-0.2, -0.15) is 0 Å². The average molecular weight is 284 g/mol. The highest BCUT2D eigenvalue weighted by molar-refractivity contribution is 5.32. The number of hydrogen-bond donors (Lipinski definition) is 1. The zero-order valence-corrected chi connectivity index (χ0v) is 12.5. The van der Waals surface area contributed by atoms with Crippen molar-refractivity contribution in [3.05, 3.63) is 65.7 Å². The first-order valence-electron chi connectivity index (χ1n) is 7.75. The van der Waals surface area contributed by atoms with Crippen molar-refractivity contribution in [2.24, 2.45) is 0 Å². The number of para-hydroxylation sites is 1. The molecule has 2 nitrogen and oxygen atoms in total. The van der Waals surface area contributed by atoms with Crippen LogP contribution < -0.4 is 4.74 Å². The summed E-state index contributed by atoms with van der Waals surface area (Å²) in [6, 6.07) is 18.3. The zero-order valence-electron chi connectivity index (χ0n) is 12.5. The Labute approximate surface area is 127 Å². The van der Waals surface area contributed by atoms with Crippen LogP contribution >= 0.6 is 0 Å². The van der Waals surface area contributed by atoms with Gasteiger partial charge in [0.1, 0.15) is 5.75 Å². The van der Waals surface area contributed by atoms with Crippen LogP contribution in [0.1, 0.15) is 36.8 Å². The number of rotatable bonds is 9. The third-order valence-electron chi connectivity index (χ3n) is 3.60. The molecular weight excluding hydrogens is 260 g/mol. The summed E-state index contributed by atoms with van der Waals surface area (Å²) < 4.78 is 5.73. The van der Waals surface area contributed by atoms with Gasteiger partial charge in [0.15, 0.2) is 0 Å². The Bertz CT molecular complexity index is 508. The normalized spacial score (nSPS) is 10.5. The maximum absolute atomic E-state index is 9.22. The van der Waals surface area contributed by atoms with Crippen LogP contribution in [0.2, 0.25) is 0 Å². The molecule has 0 aliphatic carbocycles. The van der Waals surface area contributed by atoms with E-state index in [2.05, 4.69) is 30.3 Å². The molecule has 1 N–H and O–H groups in total. The van der Waals surface area contributed by atoms with Gasteiger partial charge in [0, 0.05) is 5.56 Å². The van der Waals surface area contributed by atoms with E-state index in [1.807, 2.05) is 24.3 Å². The molecule has 2 rings (SSSR count). The van der Waals surface area contributed by atoms with Gasteiger partial charge in [0.05, 0.1) is 13.2 Å². The summed E-state index contributed by atoms with van der Waals surface area (Å²) >= 11 is 0. The molecule has 0 aromatic heterocycles. The smallest absolute Gasteiger partial charge is 0.124 e. The molecule has 0 unspecified atom stereocenters. The summed E-state index contributed by atoms with van der Waals surface area (Å²) in [7, 11) is 0. The van der Waals surface area contributed by atoms with Gasteiger partial charge >= 0.3 is 0 Å². The monoisotopic (exact) mass is 284 g/mol. The standard InChI is InChI=1S/C19H24O2/c20-16-18-13-7-8-14-19(18)21-15-9-2-1-4-10-17-11-5-3-6-12-17/h3,5-8,11-14,20H,1-2,4,9-10,15-16H2. The van der Waals surface area contributed by atoms with Gasteiger partial charge in [-0.15, -0.1) is 0 Å². The fourth-order valence-corrected chi connectivity index (χ4v) is 2.39. The second-order valence-electron chi connectivity index (χ2n) is 5.26. The highest BCUT2D eigenvalue weighted by Crippen LogP contribution is 2.18. The molecule has 2 aromatic carbocycles. The van der Waals surface area contributed by atoms with Gasteiger partial charge in [-0.05, 0) is 30.9 Å². The van der Waals surface area contributed by atoms with Crippen molar-refractivity contribution in [1.29, 1.82) is 0 Å². The van der Waals surface area contributed by atoms with Gasteiger partial charge < -0.3 is 9.84 Å². The highest BCUT2D eigenvalue weighted by Gasteiger charge is 2.00. The van der Waals surface area contributed by atoms with Crippen LogP contribution in [0.4, 0.5) is 0 Å². The van der Waals surface area contributed by atoms with Crippen molar-refractivity contribution in [1.82, 2.24) is 0 Å². The molecule has 0 saturated heterocycles. The number of ether oxygens (including phenoxy) is 1. The summed E-state index contributed by atoms with van der Waals surface area (Å²) in [6.45, 7) is 0.760. The van der Waals surface area contributed by atoms with Crippen LogP contribution in [0.25, 0.3) is 0 Å². The predicted molar refractivity (Wildman–Crippen MR) is 86.5 cm³/mol. The minimum atomic E-state index is 0.0350. The van der Waals surface area contributed by atoms with Crippen LogP contribution in [-0.2, 0) is 13.0 Å². The van der Waals surface area contributed by atoms with Crippen LogP contribution in [0.3, 0.4) is 0 Å². The Kier molecular flexibility index (Phi) is 6.82. The van der Waals surface area contributed by atoms with E-state index in [-0.39, 0.29) is 6.61 Å². The average Bonchev–Trinajstić information content (AvgIpc) is 2.55. The van der Waals surface area contributed by atoms with Gasteiger partial charge in [0.25, 0.3) is 0 Å². The molecule has 21 heavy (non-hydrogen) atoms. The fourth-order valence-electron chi connectivity index (χ4n) is 2.39. The Balaban J connectivity index is 1.56. The first-order valence-corrected chi connectivity index (χ1v) is 7.75. The Morgan fingerprint density at radius 3 is 2.29 bits per heavy atom. The quantitative estimate of drug-likeness (QED) is 0.693. The molecule has 0 heterocycles. The first-order chi connectivity index (χ1) is 10.4. The number of aryl methyl sites for hydroxylation is 1. The largest absolute Gasteiger partial charge is 0.493 e. The number of aliphatic hydroxyl groups is 1. The lowest BCUT2D eigenvalue weighted by atomic mass is 10.1. The molecule has 0 bridgehead atoms. The van der Waals surface area contributed by atoms with Gasteiger partial charge in [0.2, 0.25) is 0 Å². The van der Waals surface area contributed by atoms with Crippen molar-refractivity contribution in [3.63, 3.8) is 0 Å². The highest BCUT2D eigenvalue weighted by atomic mass is 16.5. The number of aliphatic hydroxyl groups excluding tert-OH is 1. The molecule has 2 heteroatoms. The SMILES string of the molecule is OCc1ccccc1OCCCCCCc1ccccc1. The maximum Gasteiger partial charge on any atom is 0.124 e. The van der Waals surface area contributed by atoms with E-state index in [0.29, 0.717) is 0 Å². The lowest BCUT2D eigenvalue weighted by molar-refractivity contribution is 0.260. The van der Waals surface area contributed by atoms with Crippen LogP contribution in [0, 0.1) is 0 Å². The third kappa shape index (κ3) is 5.60. The predicted octanol–water partition coefficient (Wildman–Crippen LogP) is 4.36. The summed E-state index contributed by atoms with van der Waals surface area (Å²) in [5.41, 5.74) is 2.28. The molecule has 0 radical (unpaired) electrons. The van der Waals surface area contributed by atoms with Gasteiger partial charge in [-0.3, -0.25) is 0 Å². The Morgan fingerprint density at radius 1 is 0.762 bits per heavy atom. The van der Waals surface area contributed by atoms with E-state index in [0.717, 1.165) is 30.8 Å². The van der Waals surface area contributed by atoms with E-state index in [9.17, 15) is 5.11 Å². The second kappa shape index (κ2) is 9.19. The zero-order chi connectivity index (χ0) is 14.8. The Morgan fingerprint density at radius 2 is 1.48 bits per heavy atom. The molecule has 0 atom stereocenters. The summed E-state index contributed by atoms with van der Waals surface area (Å²) in [4.78, 5) is 0. The van der Waals surface area contributed by atoms with Crippen LogP contribution in [-0.4, -0.2) is 11.7 Å². The van der Waals surface area contributed by atoms with E-state index in [4.69, 9.17) is 4.74 Å². The molecule has 112 valence electrons. The molecule has 2 aromatic rings. The van der Waals surface area contributed by atoms with E-state index in [1.165, 1.54) is 24.8 Å². The maximum atomic E-state index is 9.22. The summed E-state index contributed by atoms with van der Waals surface area (Å²) in [5.74, 6) is 0.810. The van der Waals surface area contributed by atoms with E-state index in [1.54, 1.807) is 0 Å². The number of benzene rings is 2. The summed E-state index contributed by atoms with van der Waals surface area (Å²) in [6.07, 6.45) is 5.88. The number of unbranched alkanes of at least 4 members (excludes halogenated alkanes) is 3. The van der Waals surface area contributed by atoms with Gasteiger partial charge in [-0.25, -0.2) is 0 Å². The van der Waals surface area contributed by atoms with Crippen molar-refractivity contribution in [2.75, 3.05) is 6.61 Å². The lowest BCUT2D eigenvalue weighted by Crippen LogP contribution is -2.00. The lowest BCUT2D eigenvalue weighted by Gasteiger charge is -2.09. The van der Waals surface area contributed by atoms with E-state index >= 15 is 0 Å². The van der Waals surface area contributed by atoms with Crippen molar-refractivity contribution in [3.8, 4) is 5.75 Å². The van der Waals surface area contributed by atoms with Crippen LogP contribution in [0.5, 0.6) is 5.75 Å². The minimum Gasteiger partial charge on any atom is -0.493 e. The number of hydrogen-bond acceptors (Lipinski definition) is 2. The van der Waals surface area contributed by atoms with Crippen LogP contribution in [0.15, 0.2) is 54.6 Å². The van der Waals surface area contributed by atoms with Crippen molar-refractivity contribution < 1.29 is 9.84 Å². The Hall–Kier alpha value is -1.80. The second-order valence-corrected chi connectivity index (χ2v) is 5.26. The van der Waals surface area contributed by atoms with Crippen molar-refractivity contribution >= 4 is 0 Å². The molecular formula is C19H24O2.